The highest BCUT2D eigenvalue weighted by Gasteiger charge is 2.08. The molecule has 0 radical (unpaired) electrons. The summed E-state index contributed by atoms with van der Waals surface area (Å²) in [6, 6.07) is 4.99. The molecule has 0 saturated heterocycles. The Kier molecular flexibility index (Phi) is 5.42. The predicted molar refractivity (Wildman–Crippen MR) is 69.9 cm³/mol. The molecule has 90 valence electrons. The zero-order valence-corrected chi connectivity index (χ0v) is 11.4. The summed E-state index contributed by atoms with van der Waals surface area (Å²) in [7, 11) is 0. The maximum atomic E-state index is 13.0. The molecule has 1 unspecified atom stereocenters. The standard InChI is InChI=1S/C13H19BrFN/c1-9(2)7-12(16)5-3-10-8-11(15)4-6-13(10)14/h4,6,8-9,12H,3,5,7,16H2,1-2H3. The van der Waals surface area contributed by atoms with Crippen LogP contribution < -0.4 is 5.73 Å². The third-order valence-corrected chi connectivity index (χ3v) is 3.34. The van der Waals surface area contributed by atoms with Crippen molar-refractivity contribution in [2.75, 3.05) is 0 Å². The van der Waals surface area contributed by atoms with E-state index in [1.165, 1.54) is 6.07 Å². The van der Waals surface area contributed by atoms with Crippen LogP contribution in [0, 0.1) is 11.7 Å². The van der Waals surface area contributed by atoms with Crippen molar-refractivity contribution in [2.45, 2.75) is 39.2 Å². The van der Waals surface area contributed by atoms with Crippen LogP contribution in [0.2, 0.25) is 0 Å². The second kappa shape index (κ2) is 6.36. The normalized spacial score (nSPS) is 13.1. The Morgan fingerprint density at radius 3 is 2.69 bits per heavy atom. The molecular formula is C13H19BrFN. The van der Waals surface area contributed by atoms with Gasteiger partial charge in [0.05, 0.1) is 0 Å². The van der Waals surface area contributed by atoms with E-state index < -0.39 is 0 Å². The van der Waals surface area contributed by atoms with Crippen LogP contribution >= 0.6 is 15.9 Å². The van der Waals surface area contributed by atoms with Gasteiger partial charge in [-0.15, -0.1) is 0 Å². The zero-order valence-electron chi connectivity index (χ0n) is 9.84. The smallest absolute Gasteiger partial charge is 0.123 e. The Bertz CT molecular complexity index is 339. The summed E-state index contributed by atoms with van der Waals surface area (Å²) < 4.78 is 14.0. The number of aryl methyl sites for hydroxylation is 1. The summed E-state index contributed by atoms with van der Waals surface area (Å²) >= 11 is 3.42. The first-order valence-electron chi connectivity index (χ1n) is 5.68. The van der Waals surface area contributed by atoms with Gasteiger partial charge in [-0.2, -0.15) is 0 Å². The summed E-state index contributed by atoms with van der Waals surface area (Å²) in [4.78, 5) is 0. The van der Waals surface area contributed by atoms with Gasteiger partial charge in [-0.1, -0.05) is 29.8 Å². The molecule has 0 saturated carbocycles. The van der Waals surface area contributed by atoms with Crippen molar-refractivity contribution >= 4 is 15.9 Å². The molecule has 1 atom stereocenters. The van der Waals surface area contributed by atoms with Gasteiger partial charge in [-0.3, -0.25) is 0 Å². The lowest BCUT2D eigenvalue weighted by atomic mass is 9.98. The minimum Gasteiger partial charge on any atom is -0.328 e. The Balaban J connectivity index is 2.51. The van der Waals surface area contributed by atoms with Crippen molar-refractivity contribution in [2.24, 2.45) is 11.7 Å². The fourth-order valence-electron chi connectivity index (χ4n) is 1.80. The van der Waals surface area contributed by atoms with E-state index >= 15 is 0 Å². The summed E-state index contributed by atoms with van der Waals surface area (Å²) in [6.45, 7) is 4.33. The monoisotopic (exact) mass is 287 g/mol. The van der Waals surface area contributed by atoms with E-state index in [0.717, 1.165) is 29.3 Å². The molecular weight excluding hydrogens is 269 g/mol. The second-order valence-electron chi connectivity index (χ2n) is 4.66. The van der Waals surface area contributed by atoms with Crippen molar-refractivity contribution in [1.29, 1.82) is 0 Å². The lowest BCUT2D eigenvalue weighted by Gasteiger charge is -2.14. The number of hydrogen-bond acceptors (Lipinski definition) is 1. The summed E-state index contributed by atoms with van der Waals surface area (Å²) in [5, 5.41) is 0. The van der Waals surface area contributed by atoms with Crippen LogP contribution in [0.1, 0.15) is 32.3 Å². The largest absolute Gasteiger partial charge is 0.328 e. The number of nitrogens with two attached hydrogens (primary N) is 1. The first-order valence-corrected chi connectivity index (χ1v) is 6.48. The third-order valence-electron chi connectivity index (χ3n) is 2.57. The molecule has 0 spiro atoms. The van der Waals surface area contributed by atoms with Gasteiger partial charge >= 0.3 is 0 Å². The average Bonchev–Trinajstić information content (AvgIpc) is 2.18. The van der Waals surface area contributed by atoms with Gasteiger partial charge < -0.3 is 5.73 Å². The molecule has 3 heteroatoms. The highest BCUT2D eigenvalue weighted by molar-refractivity contribution is 9.10. The molecule has 0 amide bonds. The Morgan fingerprint density at radius 1 is 1.38 bits per heavy atom. The van der Waals surface area contributed by atoms with Crippen LogP contribution in [0.4, 0.5) is 4.39 Å². The number of benzene rings is 1. The van der Waals surface area contributed by atoms with E-state index in [0.29, 0.717) is 5.92 Å². The maximum Gasteiger partial charge on any atom is 0.123 e. The fourth-order valence-corrected chi connectivity index (χ4v) is 2.24. The SMILES string of the molecule is CC(C)CC(N)CCc1cc(F)ccc1Br. The molecule has 1 nitrogen and oxygen atoms in total. The van der Waals surface area contributed by atoms with Crippen molar-refractivity contribution in [3.63, 3.8) is 0 Å². The maximum absolute atomic E-state index is 13.0. The number of hydrogen-bond donors (Lipinski definition) is 1. The number of rotatable bonds is 5. The third kappa shape index (κ3) is 4.62. The summed E-state index contributed by atoms with van der Waals surface area (Å²) in [5.41, 5.74) is 7.00. The van der Waals surface area contributed by atoms with Gasteiger partial charge in [-0.05, 0) is 48.9 Å². The molecule has 16 heavy (non-hydrogen) atoms. The van der Waals surface area contributed by atoms with Crippen LogP contribution in [0.5, 0.6) is 0 Å². The lowest BCUT2D eigenvalue weighted by Crippen LogP contribution is -2.22. The van der Waals surface area contributed by atoms with Crippen molar-refractivity contribution in [1.82, 2.24) is 0 Å². The van der Waals surface area contributed by atoms with Gasteiger partial charge in [0.1, 0.15) is 5.82 Å². The summed E-state index contributed by atoms with van der Waals surface area (Å²) in [5.74, 6) is 0.432. The minimum absolute atomic E-state index is 0.185. The van der Waals surface area contributed by atoms with Gasteiger partial charge in [-0.25, -0.2) is 4.39 Å². The first kappa shape index (κ1) is 13.7. The fraction of sp³-hybridized carbons (Fsp3) is 0.538. The highest BCUT2D eigenvalue weighted by Crippen LogP contribution is 2.20. The lowest BCUT2D eigenvalue weighted by molar-refractivity contribution is 0.472. The van der Waals surface area contributed by atoms with Crippen molar-refractivity contribution in [3.05, 3.63) is 34.1 Å². The van der Waals surface area contributed by atoms with Gasteiger partial charge in [0.2, 0.25) is 0 Å². The summed E-state index contributed by atoms with van der Waals surface area (Å²) in [6.07, 6.45) is 2.75. The second-order valence-corrected chi connectivity index (χ2v) is 5.52. The molecule has 0 heterocycles. The van der Waals surface area contributed by atoms with E-state index in [1.54, 1.807) is 12.1 Å². The van der Waals surface area contributed by atoms with E-state index in [9.17, 15) is 4.39 Å². The Labute approximate surface area is 105 Å². The van der Waals surface area contributed by atoms with Crippen molar-refractivity contribution in [3.8, 4) is 0 Å². The highest BCUT2D eigenvalue weighted by atomic mass is 79.9. The molecule has 0 aliphatic heterocycles. The van der Waals surface area contributed by atoms with Gasteiger partial charge in [0.15, 0.2) is 0 Å². The van der Waals surface area contributed by atoms with Crippen molar-refractivity contribution < 1.29 is 4.39 Å². The molecule has 1 rings (SSSR count). The van der Waals surface area contributed by atoms with Gasteiger partial charge in [0, 0.05) is 10.5 Å². The van der Waals surface area contributed by atoms with E-state index in [4.69, 9.17) is 5.73 Å². The van der Waals surface area contributed by atoms with E-state index in [-0.39, 0.29) is 11.9 Å². The average molecular weight is 288 g/mol. The Hall–Kier alpha value is -0.410. The molecule has 0 bridgehead atoms. The molecule has 1 aromatic rings. The predicted octanol–water partition coefficient (Wildman–Crippen LogP) is 3.89. The first-order chi connectivity index (χ1) is 7.49. The number of halogens is 2. The van der Waals surface area contributed by atoms with Crippen LogP contribution in [0.25, 0.3) is 0 Å². The van der Waals surface area contributed by atoms with E-state index in [2.05, 4.69) is 29.8 Å². The Morgan fingerprint density at radius 2 is 2.06 bits per heavy atom. The van der Waals surface area contributed by atoms with Crippen LogP contribution in [-0.4, -0.2) is 6.04 Å². The van der Waals surface area contributed by atoms with E-state index in [1.807, 2.05) is 0 Å². The molecule has 0 aliphatic rings. The molecule has 1 aromatic carbocycles. The molecule has 0 fully saturated rings. The van der Waals surface area contributed by atoms with Crippen LogP contribution in [0.3, 0.4) is 0 Å². The van der Waals surface area contributed by atoms with Crippen LogP contribution in [-0.2, 0) is 6.42 Å². The van der Waals surface area contributed by atoms with Gasteiger partial charge in [0.25, 0.3) is 0 Å². The molecule has 2 N–H and O–H groups in total. The minimum atomic E-state index is -0.185. The quantitative estimate of drug-likeness (QED) is 0.874. The molecule has 0 aliphatic carbocycles. The molecule has 0 aromatic heterocycles. The topological polar surface area (TPSA) is 26.0 Å². The zero-order chi connectivity index (χ0) is 12.1. The van der Waals surface area contributed by atoms with Crippen LogP contribution in [0.15, 0.2) is 22.7 Å².